The van der Waals surface area contributed by atoms with Crippen molar-refractivity contribution in [1.29, 1.82) is 0 Å². The van der Waals surface area contributed by atoms with Crippen LogP contribution in [-0.4, -0.2) is 38.1 Å². The van der Waals surface area contributed by atoms with Gasteiger partial charge in [0.15, 0.2) is 0 Å². The Morgan fingerprint density at radius 3 is 2.24 bits per heavy atom. The van der Waals surface area contributed by atoms with Gasteiger partial charge in [0.05, 0.1) is 19.1 Å². The highest BCUT2D eigenvalue weighted by Gasteiger charge is 2.40. The van der Waals surface area contributed by atoms with Crippen LogP contribution in [0.3, 0.4) is 0 Å². The highest BCUT2D eigenvalue weighted by atomic mass is 16.1. The van der Waals surface area contributed by atoms with E-state index in [0.29, 0.717) is 11.6 Å². The van der Waals surface area contributed by atoms with E-state index in [-0.39, 0.29) is 5.91 Å². The number of primary amides is 1. The van der Waals surface area contributed by atoms with Crippen LogP contribution in [0.2, 0.25) is 0 Å². The minimum atomic E-state index is -0.339. The molecular weight excluding hydrogens is 262 g/mol. The van der Waals surface area contributed by atoms with Crippen LogP contribution in [0.15, 0.2) is 24.3 Å². The van der Waals surface area contributed by atoms with Gasteiger partial charge < -0.3 is 11.1 Å². The maximum atomic E-state index is 11.3. The molecule has 0 aromatic heterocycles. The SMILES string of the molecule is NC(=O)c1ccc([N+]2(C3CCNCC3)CCCCC2)cc1. The van der Waals surface area contributed by atoms with E-state index in [1.165, 1.54) is 50.9 Å². The molecule has 21 heavy (non-hydrogen) atoms. The third-order valence-corrected chi connectivity index (χ3v) is 5.29. The van der Waals surface area contributed by atoms with Gasteiger partial charge in [0, 0.05) is 31.5 Å². The normalized spacial score (nSPS) is 22.9. The van der Waals surface area contributed by atoms with Crippen LogP contribution in [-0.2, 0) is 0 Å². The van der Waals surface area contributed by atoms with Crippen LogP contribution in [0, 0.1) is 0 Å². The zero-order valence-corrected chi connectivity index (χ0v) is 12.7. The predicted octanol–water partition coefficient (Wildman–Crippen LogP) is 2.03. The first-order valence-electron chi connectivity index (χ1n) is 8.20. The molecule has 0 saturated carbocycles. The average Bonchev–Trinajstić information content (AvgIpc) is 2.56. The Bertz CT molecular complexity index is 485. The molecule has 2 saturated heterocycles. The molecular formula is C17H26N3O+. The van der Waals surface area contributed by atoms with Crippen molar-refractivity contribution in [2.75, 3.05) is 26.2 Å². The minimum Gasteiger partial charge on any atom is -0.366 e. The number of hydrogen-bond acceptors (Lipinski definition) is 2. The lowest BCUT2D eigenvalue weighted by atomic mass is 9.94. The predicted molar refractivity (Wildman–Crippen MR) is 86.2 cm³/mol. The molecule has 2 aliphatic rings. The number of carbonyl (C=O) groups excluding carboxylic acids is 1. The Morgan fingerprint density at radius 1 is 1.05 bits per heavy atom. The van der Waals surface area contributed by atoms with Crippen molar-refractivity contribution in [1.82, 2.24) is 9.80 Å². The Kier molecular flexibility index (Phi) is 4.27. The van der Waals surface area contributed by atoms with Crippen molar-refractivity contribution in [2.24, 2.45) is 5.73 Å². The van der Waals surface area contributed by atoms with Gasteiger partial charge in [-0.3, -0.25) is 9.28 Å². The van der Waals surface area contributed by atoms with E-state index >= 15 is 0 Å². The molecule has 2 heterocycles. The molecule has 0 aliphatic carbocycles. The number of likely N-dealkylation sites (tertiary alicyclic amines) is 1. The third kappa shape index (κ3) is 2.83. The van der Waals surface area contributed by atoms with Crippen molar-refractivity contribution < 1.29 is 4.79 Å². The maximum Gasteiger partial charge on any atom is 0.248 e. The van der Waals surface area contributed by atoms with Gasteiger partial charge in [-0.05, 0) is 43.5 Å². The molecule has 0 spiro atoms. The molecule has 2 fully saturated rings. The molecule has 1 aromatic rings. The summed E-state index contributed by atoms with van der Waals surface area (Å²) in [6.45, 7) is 4.73. The fraction of sp³-hybridized carbons (Fsp3) is 0.588. The third-order valence-electron chi connectivity index (χ3n) is 5.29. The Hall–Kier alpha value is -1.39. The van der Waals surface area contributed by atoms with Crippen LogP contribution in [0.1, 0.15) is 42.5 Å². The summed E-state index contributed by atoms with van der Waals surface area (Å²) in [6, 6.07) is 8.77. The summed E-state index contributed by atoms with van der Waals surface area (Å²) in [5, 5.41) is 3.48. The van der Waals surface area contributed by atoms with E-state index in [2.05, 4.69) is 17.4 Å². The summed E-state index contributed by atoms with van der Waals surface area (Å²) in [4.78, 5) is 11.3. The fourth-order valence-corrected chi connectivity index (χ4v) is 4.13. The molecule has 1 aromatic carbocycles. The number of hydrogen-bond donors (Lipinski definition) is 2. The molecule has 1 amide bonds. The number of quaternary nitrogens is 1. The second-order valence-electron chi connectivity index (χ2n) is 6.43. The van der Waals surface area contributed by atoms with Crippen molar-refractivity contribution in [3.63, 3.8) is 0 Å². The number of nitrogens with zero attached hydrogens (tertiary/aromatic N) is 1. The first-order valence-corrected chi connectivity index (χ1v) is 8.20. The molecule has 0 atom stereocenters. The number of nitrogens with two attached hydrogens (primary N) is 1. The molecule has 3 N–H and O–H groups in total. The van der Waals surface area contributed by atoms with E-state index in [9.17, 15) is 4.79 Å². The molecule has 0 radical (unpaired) electrons. The van der Waals surface area contributed by atoms with Crippen molar-refractivity contribution >= 4 is 11.6 Å². The van der Waals surface area contributed by atoms with Gasteiger partial charge in [-0.2, -0.15) is 0 Å². The van der Waals surface area contributed by atoms with Crippen LogP contribution in [0.4, 0.5) is 5.69 Å². The molecule has 114 valence electrons. The largest absolute Gasteiger partial charge is 0.366 e. The first-order chi connectivity index (χ1) is 10.2. The lowest BCUT2D eigenvalue weighted by Gasteiger charge is -2.48. The van der Waals surface area contributed by atoms with Crippen LogP contribution in [0.25, 0.3) is 0 Å². The van der Waals surface area contributed by atoms with Crippen LogP contribution >= 0.6 is 0 Å². The van der Waals surface area contributed by atoms with E-state index in [0.717, 1.165) is 17.6 Å². The summed E-state index contributed by atoms with van der Waals surface area (Å²) >= 11 is 0. The van der Waals surface area contributed by atoms with Crippen LogP contribution in [0.5, 0.6) is 0 Å². The second kappa shape index (κ2) is 6.16. The smallest absolute Gasteiger partial charge is 0.248 e. The second-order valence-corrected chi connectivity index (χ2v) is 6.43. The topological polar surface area (TPSA) is 55.1 Å². The monoisotopic (exact) mass is 288 g/mol. The van der Waals surface area contributed by atoms with Crippen molar-refractivity contribution in [3.8, 4) is 0 Å². The van der Waals surface area contributed by atoms with Crippen LogP contribution < -0.4 is 15.5 Å². The van der Waals surface area contributed by atoms with E-state index < -0.39 is 0 Å². The number of carbonyl (C=O) groups is 1. The Morgan fingerprint density at radius 2 is 1.67 bits per heavy atom. The van der Waals surface area contributed by atoms with E-state index in [1.54, 1.807) is 0 Å². The zero-order valence-electron chi connectivity index (χ0n) is 12.7. The number of nitrogens with one attached hydrogen (secondary N) is 1. The molecule has 2 aliphatic heterocycles. The lowest BCUT2D eigenvalue weighted by molar-refractivity contribution is 0.1000. The Labute approximate surface area is 126 Å². The fourth-order valence-electron chi connectivity index (χ4n) is 4.13. The molecule has 4 heteroatoms. The van der Waals surface area contributed by atoms with E-state index in [4.69, 9.17) is 5.73 Å². The highest BCUT2D eigenvalue weighted by Crippen LogP contribution is 2.34. The standard InChI is InChI=1S/C17H25N3O/c18-17(21)14-4-6-15(7-5-14)20(12-2-1-3-13-20)16-8-10-19-11-9-16/h4-7,16,19H,1-3,8-13H2,(H-,18,21)/p+1. The summed E-state index contributed by atoms with van der Waals surface area (Å²) in [6.07, 6.45) is 6.46. The minimum absolute atomic E-state index is 0.339. The van der Waals surface area contributed by atoms with Crippen molar-refractivity contribution in [2.45, 2.75) is 38.1 Å². The number of benzene rings is 1. The van der Waals surface area contributed by atoms with Gasteiger partial charge in [-0.15, -0.1) is 0 Å². The summed E-state index contributed by atoms with van der Waals surface area (Å²) in [5.74, 6) is -0.339. The number of amides is 1. The lowest BCUT2D eigenvalue weighted by Crippen LogP contribution is -2.62. The quantitative estimate of drug-likeness (QED) is 0.836. The van der Waals surface area contributed by atoms with E-state index in [1.807, 2.05) is 12.1 Å². The number of rotatable bonds is 3. The van der Waals surface area contributed by atoms with Gasteiger partial charge in [0.25, 0.3) is 0 Å². The summed E-state index contributed by atoms with van der Waals surface area (Å²) in [7, 11) is 0. The molecule has 3 rings (SSSR count). The average molecular weight is 288 g/mol. The van der Waals surface area contributed by atoms with Gasteiger partial charge in [-0.25, -0.2) is 0 Å². The van der Waals surface area contributed by atoms with Crippen molar-refractivity contribution in [3.05, 3.63) is 29.8 Å². The summed E-state index contributed by atoms with van der Waals surface area (Å²) in [5.41, 5.74) is 7.34. The van der Waals surface area contributed by atoms with Gasteiger partial charge in [0.2, 0.25) is 5.91 Å². The Balaban J connectivity index is 1.92. The maximum absolute atomic E-state index is 11.3. The molecule has 4 nitrogen and oxygen atoms in total. The number of piperidine rings is 2. The zero-order chi connectivity index (χ0) is 14.7. The molecule has 0 bridgehead atoms. The van der Waals surface area contributed by atoms with Gasteiger partial charge >= 0.3 is 0 Å². The van der Waals surface area contributed by atoms with Gasteiger partial charge in [0.1, 0.15) is 5.69 Å². The van der Waals surface area contributed by atoms with Gasteiger partial charge in [-0.1, -0.05) is 0 Å². The molecule has 0 unspecified atom stereocenters. The first kappa shape index (κ1) is 14.5. The highest BCUT2D eigenvalue weighted by molar-refractivity contribution is 5.93. The summed E-state index contributed by atoms with van der Waals surface area (Å²) < 4.78 is 1.11.